The Balaban J connectivity index is 2.84. The van der Waals surface area contributed by atoms with Gasteiger partial charge in [-0.2, -0.15) is 0 Å². The summed E-state index contributed by atoms with van der Waals surface area (Å²) in [6.45, 7) is 9.74. The van der Waals surface area contributed by atoms with Gasteiger partial charge < -0.3 is 10.2 Å². The summed E-state index contributed by atoms with van der Waals surface area (Å²) in [6, 6.07) is 1.80. The fourth-order valence-electron chi connectivity index (χ4n) is 1.53. The maximum Gasteiger partial charge on any atom is 0.270 e. The molecule has 18 heavy (non-hydrogen) atoms. The van der Waals surface area contributed by atoms with Crippen LogP contribution in [-0.2, 0) is 0 Å². The first-order valence-electron chi connectivity index (χ1n) is 6.51. The number of amides is 1. The van der Waals surface area contributed by atoms with Gasteiger partial charge in [-0.15, -0.1) is 0 Å². The first-order chi connectivity index (χ1) is 8.62. The monoisotopic (exact) mass is 250 g/mol. The summed E-state index contributed by atoms with van der Waals surface area (Å²) in [5, 5.41) is 2.90. The summed E-state index contributed by atoms with van der Waals surface area (Å²) in [4.78, 5) is 22.5. The van der Waals surface area contributed by atoms with E-state index < -0.39 is 0 Å². The molecule has 0 bridgehead atoms. The molecular weight excluding hydrogens is 228 g/mol. The Kier molecular flexibility index (Phi) is 5.55. The third-order valence-corrected chi connectivity index (χ3v) is 2.91. The number of nitrogens with zero attached hydrogens (tertiary/aromatic N) is 3. The van der Waals surface area contributed by atoms with Gasteiger partial charge in [0.15, 0.2) is 0 Å². The van der Waals surface area contributed by atoms with Crippen LogP contribution in [0, 0.1) is 0 Å². The molecule has 0 aliphatic heterocycles. The van der Waals surface area contributed by atoms with Crippen molar-refractivity contribution in [2.45, 2.75) is 40.2 Å². The molecule has 0 aliphatic rings. The van der Waals surface area contributed by atoms with E-state index in [0.29, 0.717) is 11.6 Å². The summed E-state index contributed by atoms with van der Waals surface area (Å²) >= 11 is 0. The Morgan fingerprint density at radius 1 is 1.39 bits per heavy atom. The van der Waals surface area contributed by atoms with E-state index in [4.69, 9.17) is 0 Å². The molecule has 0 aliphatic carbocycles. The highest BCUT2D eigenvalue weighted by Gasteiger charge is 2.12. The largest absolute Gasteiger partial charge is 0.348 e. The molecule has 0 saturated heterocycles. The van der Waals surface area contributed by atoms with E-state index >= 15 is 0 Å². The predicted molar refractivity (Wildman–Crippen MR) is 72.8 cm³/mol. The minimum atomic E-state index is -0.139. The fraction of sp³-hybridized carbons (Fsp3) is 0.615. The third-order valence-electron chi connectivity index (χ3n) is 2.91. The van der Waals surface area contributed by atoms with E-state index in [2.05, 4.69) is 15.3 Å². The van der Waals surface area contributed by atoms with Crippen molar-refractivity contribution in [1.29, 1.82) is 0 Å². The van der Waals surface area contributed by atoms with Crippen molar-refractivity contribution >= 4 is 11.9 Å². The van der Waals surface area contributed by atoms with Crippen molar-refractivity contribution in [3.05, 3.63) is 18.0 Å². The first kappa shape index (κ1) is 14.4. The summed E-state index contributed by atoms with van der Waals surface area (Å²) in [7, 11) is 0. The second-order valence-corrected chi connectivity index (χ2v) is 4.20. The van der Waals surface area contributed by atoms with Gasteiger partial charge in [-0.05, 0) is 33.3 Å². The molecule has 0 radical (unpaired) electrons. The molecule has 1 unspecified atom stereocenters. The molecule has 1 aromatic heterocycles. The van der Waals surface area contributed by atoms with Gasteiger partial charge in [0.2, 0.25) is 5.95 Å². The number of hydrogen-bond donors (Lipinski definition) is 1. The van der Waals surface area contributed by atoms with Gasteiger partial charge in [0.05, 0.1) is 0 Å². The maximum absolute atomic E-state index is 11.9. The molecule has 100 valence electrons. The molecule has 0 saturated carbocycles. The summed E-state index contributed by atoms with van der Waals surface area (Å²) in [5.41, 5.74) is 0.423. The van der Waals surface area contributed by atoms with E-state index in [9.17, 15) is 4.79 Å². The number of aromatic nitrogens is 2. The minimum Gasteiger partial charge on any atom is -0.348 e. The van der Waals surface area contributed by atoms with Crippen LogP contribution in [0.3, 0.4) is 0 Å². The van der Waals surface area contributed by atoms with Crippen molar-refractivity contribution in [3.63, 3.8) is 0 Å². The zero-order valence-corrected chi connectivity index (χ0v) is 11.6. The van der Waals surface area contributed by atoms with Crippen LogP contribution in [0.1, 0.15) is 44.6 Å². The number of anilines is 1. The Labute approximate surface area is 109 Å². The van der Waals surface area contributed by atoms with Gasteiger partial charge in [-0.25, -0.2) is 9.97 Å². The Morgan fingerprint density at radius 3 is 2.61 bits per heavy atom. The predicted octanol–water partition coefficient (Wildman–Crippen LogP) is 1.85. The molecule has 1 amide bonds. The molecule has 1 rings (SSSR count). The standard InChI is InChI=1S/C13H22N4O/c1-5-10(4)15-12(18)11-8-9-14-13(16-11)17(6-2)7-3/h8-10H,5-7H2,1-4H3,(H,15,18). The molecule has 1 atom stereocenters. The number of hydrogen-bond acceptors (Lipinski definition) is 4. The van der Waals surface area contributed by atoms with Crippen LogP contribution in [0.4, 0.5) is 5.95 Å². The Morgan fingerprint density at radius 2 is 2.06 bits per heavy atom. The minimum absolute atomic E-state index is 0.139. The second-order valence-electron chi connectivity index (χ2n) is 4.20. The van der Waals surface area contributed by atoms with E-state index in [-0.39, 0.29) is 11.9 Å². The van der Waals surface area contributed by atoms with E-state index in [1.54, 1.807) is 12.3 Å². The van der Waals surface area contributed by atoms with E-state index in [1.165, 1.54) is 0 Å². The molecular formula is C13H22N4O. The van der Waals surface area contributed by atoms with Crippen molar-refractivity contribution in [2.24, 2.45) is 0 Å². The van der Waals surface area contributed by atoms with Crippen LogP contribution in [-0.4, -0.2) is 35.0 Å². The maximum atomic E-state index is 11.9. The molecule has 1 heterocycles. The van der Waals surface area contributed by atoms with Crippen molar-refractivity contribution in [3.8, 4) is 0 Å². The second kappa shape index (κ2) is 6.93. The highest BCUT2D eigenvalue weighted by atomic mass is 16.1. The summed E-state index contributed by atoms with van der Waals surface area (Å²) in [5.74, 6) is 0.469. The van der Waals surface area contributed by atoms with Gasteiger partial charge in [0, 0.05) is 25.3 Å². The van der Waals surface area contributed by atoms with Crippen molar-refractivity contribution < 1.29 is 4.79 Å². The lowest BCUT2D eigenvalue weighted by Crippen LogP contribution is -2.33. The molecule has 5 nitrogen and oxygen atoms in total. The van der Waals surface area contributed by atoms with E-state index in [1.807, 2.05) is 32.6 Å². The van der Waals surface area contributed by atoms with Crippen LogP contribution in [0.5, 0.6) is 0 Å². The third kappa shape index (κ3) is 3.68. The molecule has 1 N–H and O–H groups in total. The fourth-order valence-corrected chi connectivity index (χ4v) is 1.53. The summed E-state index contributed by atoms with van der Waals surface area (Å²) < 4.78 is 0. The van der Waals surface area contributed by atoms with Gasteiger partial charge in [-0.3, -0.25) is 4.79 Å². The van der Waals surface area contributed by atoms with Gasteiger partial charge in [-0.1, -0.05) is 6.92 Å². The molecule has 1 aromatic rings. The lowest BCUT2D eigenvalue weighted by atomic mass is 10.2. The first-order valence-corrected chi connectivity index (χ1v) is 6.51. The highest BCUT2D eigenvalue weighted by Crippen LogP contribution is 2.07. The molecule has 0 fully saturated rings. The number of rotatable bonds is 6. The average Bonchev–Trinajstić information content (AvgIpc) is 2.40. The Bertz CT molecular complexity index is 390. The van der Waals surface area contributed by atoms with Crippen LogP contribution in [0.25, 0.3) is 0 Å². The molecule has 0 aromatic carbocycles. The summed E-state index contributed by atoms with van der Waals surface area (Å²) in [6.07, 6.45) is 2.53. The van der Waals surface area contributed by atoms with Crippen LogP contribution >= 0.6 is 0 Å². The lowest BCUT2D eigenvalue weighted by Gasteiger charge is -2.18. The van der Waals surface area contributed by atoms with Crippen LogP contribution < -0.4 is 10.2 Å². The average molecular weight is 250 g/mol. The van der Waals surface area contributed by atoms with E-state index in [0.717, 1.165) is 19.5 Å². The smallest absolute Gasteiger partial charge is 0.270 e. The molecule has 5 heteroatoms. The molecule has 0 spiro atoms. The van der Waals surface area contributed by atoms with Crippen LogP contribution in [0.15, 0.2) is 12.3 Å². The topological polar surface area (TPSA) is 58.1 Å². The van der Waals surface area contributed by atoms with Gasteiger partial charge >= 0.3 is 0 Å². The number of carbonyl (C=O) groups is 1. The van der Waals surface area contributed by atoms with Crippen molar-refractivity contribution in [1.82, 2.24) is 15.3 Å². The zero-order chi connectivity index (χ0) is 13.5. The normalized spacial score (nSPS) is 12.0. The lowest BCUT2D eigenvalue weighted by molar-refractivity contribution is 0.0934. The highest BCUT2D eigenvalue weighted by molar-refractivity contribution is 5.92. The number of carbonyl (C=O) groups excluding carboxylic acids is 1. The van der Waals surface area contributed by atoms with Gasteiger partial charge in [0.25, 0.3) is 5.91 Å². The number of nitrogens with one attached hydrogen (secondary N) is 1. The Hall–Kier alpha value is -1.65. The van der Waals surface area contributed by atoms with Gasteiger partial charge in [0.1, 0.15) is 5.69 Å². The SMILES string of the molecule is CCC(C)NC(=O)c1ccnc(N(CC)CC)n1. The van der Waals surface area contributed by atoms with Crippen LogP contribution in [0.2, 0.25) is 0 Å². The zero-order valence-electron chi connectivity index (χ0n) is 11.6. The van der Waals surface area contributed by atoms with Crippen molar-refractivity contribution in [2.75, 3.05) is 18.0 Å². The quantitative estimate of drug-likeness (QED) is 0.837.